The van der Waals surface area contributed by atoms with Crippen LogP contribution in [0.25, 0.3) is 88.0 Å². The first-order valence-electron chi connectivity index (χ1n) is 19.8. The van der Waals surface area contributed by atoms with Crippen molar-refractivity contribution in [3.8, 4) is 44.5 Å². The molecule has 2 heteroatoms. The summed E-state index contributed by atoms with van der Waals surface area (Å²) in [5.41, 5.74) is 14.4. The lowest BCUT2D eigenvalue weighted by molar-refractivity contribution is 0.673. The molecule has 0 aliphatic carbocycles. The van der Waals surface area contributed by atoms with E-state index in [1.54, 1.807) is 0 Å². The van der Waals surface area contributed by atoms with Crippen molar-refractivity contribution in [2.75, 3.05) is 4.90 Å². The first-order valence-corrected chi connectivity index (χ1v) is 19.8. The van der Waals surface area contributed by atoms with Gasteiger partial charge in [0.15, 0.2) is 0 Å². The zero-order valence-electron chi connectivity index (χ0n) is 31.7. The van der Waals surface area contributed by atoms with E-state index in [9.17, 15) is 0 Å². The van der Waals surface area contributed by atoms with Crippen molar-refractivity contribution in [2.24, 2.45) is 0 Å². The second kappa shape index (κ2) is 14.1. The van der Waals surface area contributed by atoms with Gasteiger partial charge in [0.25, 0.3) is 0 Å². The maximum atomic E-state index is 6.57. The summed E-state index contributed by atoms with van der Waals surface area (Å²) in [7, 11) is 0. The fraction of sp³-hybridized carbons (Fsp3) is 0. The van der Waals surface area contributed by atoms with E-state index in [2.05, 4.69) is 229 Å². The van der Waals surface area contributed by atoms with Crippen molar-refractivity contribution in [1.29, 1.82) is 0 Å². The van der Waals surface area contributed by atoms with Crippen LogP contribution in [0.3, 0.4) is 0 Å². The molecule has 1 heterocycles. The molecule has 0 saturated carbocycles. The largest absolute Gasteiger partial charge is 0.455 e. The Balaban J connectivity index is 1.10. The van der Waals surface area contributed by atoms with Crippen molar-refractivity contribution in [1.82, 2.24) is 0 Å². The minimum atomic E-state index is 0.894. The number of hydrogen-bond donors (Lipinski definition) is 0. The Morgan fingerprint density at radius 2 is 0.845 bits per heavy atom. The van der Waals surface area contributed by atoms with Crippen LogP contribution in [0.4, 0.5) is 17.1 Å². The number of rotatable bonds is 7. The van der Waals surface area contributed by atoms with Crippen molar-refractivity contribution in [2.45, 2.75) is 0 Å². The molecule has 11 rings (SSSR count). The molecule has 0 bridgehead atoms. The lowest BCUT2D eigenvalue weighted by Crippen LogP contribution is -2.11. The van der Waals surface area contributed by atoms with Gasteiger partial charge in [-0.05, 0) is 97.6 Å². The van der Waals surface area contributed by atoms with Gasteiger partial charge >= 0.3 is 0 Å². The fourth-order valence-electron chi connectivity index (χ4n) is 8.67. The van der Waals surface area contributed by atoms with Crippen molar-refractivity contribution in [3.63, 3.8) is 0 Å². The second-order valence-electron chi connectivity index (χ2n) is 14.9. The van der Waals surface area contributed by atoms with Gasteiger partial charge in [-0.15, -0.1) is 0 Å². The molecular weight excluding hydrogens is 703 g/mol. The molecule has 0 N–H and O–H groups in total. The predicted octanol–water partition coefficient (Wildman–Crippen LogP) is 16.0. The molecule has 0 radical (unpaired) electrons. The van der Waals surface area contributed by atoms with Gasteiger partial charge in [-0.25, -0.2) is 0 Å². The SMILES string of the molecule is c1ccc(-c2ccc(N(c3ccc(-c4cccc5oc6c7ccccc7ccc6c45)cc3)c3cc(-c4cccc5ccccc45)ccc3-c3ccccc3)cc2)cc1. The van der Waals surface area contributed by atoms with Crippen LogP contribution in [-0.4, -0.2) is 0 Å². The highest BCUT2D eigenvalue weighted by atomic mass is 16.3. The Morgan fingerprint density at radius 1 is 0.310 bits per heavy atom. The maximum absolute atomic E-state index is 6.57. The number of fused-ring (bicyclic) bond motifs is 6. The molecule has 58 heavy (non-hydrogen) atoms. The molecule has 11 aromatic rings. The van der Waals surface area contributed by atoms with Gasteiger partial charge in [0.05, 0.1) is 5.69 Å². The fourth-order valence-corrected chi connectivity index (χ4v) is 8.67. The van der Waals surface area contributed by atoms with Gasteiger partial charge in [-0.1, -0.05) is 182 Å². The monoisotopic (exact) mass is 739 g/mol. The highest BCUT2D eigenvalue weighted by molar-refractivity contribution is 6.19. The Morgan fingerprint density at radius 3 is 1.59 bits per heavy atom. The molecule has 2 nitrogen and oxygen atoms in total. The number of nitrogens with zero attached hydrogens (tertiary/aromatic N) is 1. The van der Waals surface area contributed by atoms with E-state index in [4.69, 9.17) is 4.42 Å². The number of furan rings is 1. The molecule has 0 unspecified atom stereocenters. The predicted molar refractivity (Wildman–Crippen MR) is 245 cm³/mol. The summed E-state index contributed by atoms with van der Waals surface area (Å²) in [4.78, 5) is 2.41. The van der Waals surface area contributed by atoms with Gasteiger partial charge in [-0.3, -0.25) is 0 Å². The third-order valence-corrected chi connectivity index (χ3v) is 11.5. The quantitative estimate of drug-likeness (QED) is 0.162. The van der Waals surface area contributed by atoms with Crippen molar-refractivity contribution < 1.29 is 4.42 Å². The summed E-state index contributed by atoms with van der Waals surface area (Å²) in [6.45, 7) is 0. The minimum absolute atomic E-state index is 0.894. The third-order valence-electron chi connectivity index (χ3n) is 11.5. The molecular formula is C56H37NO. The van der Waals surface area contributed by atoms with E-state index in [-0.39, 0.29) is 0 Å². The lowest BCUT2D eigenvalue weighted by Gasteiger charge is -2.29. The number of hydrogen-bond acceptors (Lipinski definition) is 2. The highest BCUT2D eigenvalue weighted by Crippen LogP contribution is 2.45. The minimum Gasteiger partial charge on any atom is -0.455 e. The van der Waals surface area contributed by atoms with Crippen molar-refractivity contribution in [3.05, 3.63) is 224 Å². The standard InChI is InChI=1S/C56H37NO/c1-3-13-38(14-4-1)39-25-31-45(32-26-39)57(53-37-44(30-35-49(53)41-15-5-2-6-16-41)48-22-11-19-40-17-7-9-20-47(40)48)46-33-27-43(28-34-46)50-23-12-24-54-55(50)52-36-29-42-18-8-10-21-51(42)56(52)58-54/h1-37H. The van der Waals surface area contributed by atoms with E-state index < -0.39 is 0 Å². The average Bonchev–Trinajstić information content (AvgIpc) is 3.70. The van der Waals surface area contributed by atoms with E-state index in [0.29, 0.717) is 0 Å². The molecule has 0 aliphatic rings. The molecule has 0 amide bonds. The van der Waals surface area contributed by atoms with Crippen LogP contribution in [0.2, 0.25) is 0 Å². The van der Waals surface area contributed by atoms with Gasteiger partial charge < -0.3 is 9.32 Å². The Labute approximate surface area is 337 Å². The zero-order chi connectivity index (χ0) is 38.4. The lowest BCUT2D eigenvalue weighted by atomic mass is 9.94. The molecule has 1 aromatic heterocycles. The molecule has 272 valence electrons. The van der Waals surface area contributed by atoms with Crippen LogP contribution >= 0.6 is 0 Å². The molecule has 0 spiro atoms. The van der Waals surface area contributed by atoms with E-state index in [1.165, 1.54) is 38.4 Å². The maximum Gasteiger partial charge on any atom is 0.143 e. The molecule has 10 aromatic carbocycles. The highest BCUT2D eigenvalue weighted by Gasteiger charge is 2.21. The van der Waals surface area contributed by atoms with Crippen LogP contribution < -0.4 is 4.90 Å². The van der Waals surface area contributed by atoms with E-state index >= 15 is 0 Å². The third kappa shape index (κ3) is 5.82. The normalized spacial score (nSPS) is 11.4. The molecule has 0 aliphatic heterocycles. The van der Waals surface area contributed by atoms with Crippen LogP contribution in [0.15, 0.2) is 229 Å². The second-order valence-corrected chi connectivity index (χ2v) is 14.9. The average molecular weight is 740 g/mol. The Hall–Kier alpha value is -7.68. The summed E-state index contributed by atoms with van der Waals surface area (Å²) in [5, 5.41) is 7.04. The molecule has 0 fully saturated rings. The van der Waals surface area contributed by atoms with E-state index in [0.717, 1.165) is 66.6 Å². The Bertz CT molecular complexity index is 3250. The van der Waals surface area contributed by atoms with Crippen LogP contribution in [-0.2, 0) is 0 Å². The molecule has 0 atom stereocenters. The first-order chi connectivity index (χ1) is 28.8. The van der Waals surface area contributed by atoms with Gasteiger partial charge in [-0.2, -0.15) is 0 Å². The van der Waals surface area contributed by atoms with Crippen LogP contribution in [0.1, 0.15) is 0 Å². The molecule has 0 saturated heterocycles. The zero-order valence-corrected chi connectivity index (χ0v) is 31.7. The van der Waals surface area contributed by atoms with Crippen LogP contribution in [0, 0.1) is 0 Å². The topological polar surface area (TPSA) is 16.4 Å². The van der Waals surface area contributed by atoms with E-state index in [1.807, 2.05) is 0 Å². The van der Waals surface area contributed by atoms with Gasteiger partial charge in [0.2, 0.25) is 0 Å². The van der Waals surface area contributed by atoms with Crippen LogP contribution in [0.5, 0.6) is 0 Å². The summed E-state index contributed by atoms with van der Waals surface area (Å²) in [5.74, 6) is 0. The van der Waals surface area contributed by atoms with Crippen molar-refractivity contribution >= 4 is 60.5 Å². The summed E-state index contributed by atoms with van der Waals surface area (Å²) in [6.07, 6.45) is 0. The first kappa shape index (κ1) is 33.6. The summed E-state index contributed by atoms with van der Waals surface area (Å²) >= 11 is 0. The number of anilines is 3. The number of benzene rings is 10. The summed E-state index contributed by atoms with van der Waals surface area (Å²) < 4.78 is 6.57. The van der Waals surface area contributed by atoms with Gasteiger partial charge in [0.1, 0.15) is 11.2 Å². The summed E-state index contributed by atoms with van der Waals surface area (Å²) in [6, 6.07) is 80.7. The smallest absolute Gasteiger partial charge is 0.143 e. The van der Waals surface area contributed by atoms with Gasteiger partial charge in [0, 0.05) is 33.1 Å². The Kier molecular flexibility index (Phi) is 8.19.